The highest BCUT2D eigenvalue weighted by Crippen LogP contribution is 2.30. The summed E-state index contributed by atoms with van der Waals surface area (Å²) >= 11 is 0. The third-order valence-corrected chi connectivity index (χ3v) is 4.31. The number of methoxy groups -OCH3 is 1. The van der Waals surface area contributed by atoms with Crippen molar-refractivity contribution in [1.29, 1.82) is 0 Å². The topological polar surface area (TPSA) is 33.7 Å². The Morgan fingerprint density at radius 3 is 2.57 bits per heavy atom. The van der Waals surface area contributed by atoms with Crippen LogP contribution in [0.4, 0.5) is 0 Å². The molecule has 1 N–H and O–H groups in total. The summed E-state index contributed by atoms with van der Waals surface area (Å²) in [6.07, 6.45) is 2.44. The Morgan fingerprint density at radius 2 is 2.05 bits per heavy atom. The van der Waals surface area contributed by atoms with E-state index in [2.05, 4.69) is 37.9 Å². The molecule has 0 bridgehead atoms. The van der Waals surface area contributed by atoms with E-state index in [1.165, 1.54) is 12.8 Å². The van der Waals surface area contributed by atoms with Crippen LogP contribution in [0.15, 0.2) is 0 Å². The van der Waals surface area contributed by atoms with Gasteiger partial charge in [-0.05, 0) is 39.2 Å². The molecule has 1 aliphatic rings. The molecule has 126 valence electrons. The second-order valence-corrected chi connectivity index (χ2v) is 7.24. The highest BCUT2D eigenvalue weighted by Gasteiger charge is 2.35. The van der Waals surface area contributed by atoms with Crippen molar-refractivity contribution < 1.29 is 9.47 Å². The van der Waals surface area contributed by atoms with Gasteiger partial charge in [-0.25, -0.2) is 0 Å². The first kappa shape index (κ1) is 18.9. The van der Waals surface area contributed by atoms with Crippen molar-refractivity contribution in [2.75, 3.05) is 53.1 Å². The normalized spacial score (nSPS) is 23.4. The van der Waals surface area contributed by atoms with Crippen molar-refractivity contribution in [3.05, 3.63) is 0 Å². The van der Waals surface area contributed by atoms with Crippen molar-refractivity contribution in [2.24, 2.45) is 11.3 Å². The Hall–Kier alpha value is -0.160. The van der Waals surface area contributed by atoms with Crippen LogP contribution in [0, 0.1) is 11.3 Å². The third-order valence-electron chi connectivity index (χ3n) is 4.31. The van der Waals surface area contributed by atoms with Crippen LogP contribution in [0.1, 0.15) is 40.5 Å². The number of nitrogens with one attached hydrogen (secondary N) is 1. The minimum absolute atomic E-state index is 0.255. The van der Waals surface area contributed by atoms with E-state index in [0.717, 1.165) is 46.0 Å². The fourth-order valence-corrected chi connectivity index (χ4v) is 3.02. The lowest BCUT2D eigenvalue weighted by Gasteiger charge is -2.42. The van der Waals surface area contributed by atoms with Crippen molar-refractivity contribution in [2.45, 2.75) is 46.6 Å². The van der Waals surface area contributed by atoms with Crippen molar-refractivity contribution >= 4 is 0 Å². The Balaban J connectivity index is 2.61. The summed E-state index contributed by atoms with van der Waals surface area (Å²) in [6, 6.07) is 0.545. The molecule has 4 heteroatoms. The predicted molar refractivity (Wildman–Crippen MR) is 88.8 cm³/mol. The third kappa shape index (κ3) is 7.09. The van der Waals surface area contributed by atoms with E-state index in [9.17, 15) is 0 Å². The second-order valence-electron chi connectivity index (χ2n) is 7.24. The number of nitrogens with zero attached hydrogens (tertiary/aromatic N) is 1. The molecule has 0 saturated carbocycles. The van der Waals surface area contributed by atoms with Crippen LogP contribution in [0.5, 0.6) is 0 Å². The standard InChI is InChI=1S/C17H36N2O2/c1-15(2)11-18-12-17(7-6-9-21-14-17)13-19(16(3)4)8-10-20-5/h15-16,18H,6-14H2,1-5H3. The molecule has 1 saturated heterocycles. The number of rotatable bonds is 10. The van der Waals surface area contributed by atoms with Gasteiger partial charge in [0.2, 0.25) is 0 Å². The van der Waals surface area contributed by atoms with E-state index >= 15 is 0 Å². The van der Waals surface area contributed by atoms with Gasteiger partial charge in [-0.2, -0.15) is 0 Å². The highest BCUT2D eigenvalue weighted by atomic mass is 16.5. The van der Waals surface area contributed by atoms with E-state index in [4.69, 9.17) is 9.47 Å². The summed E-state index contributed by atoms with van der Waals surface area (Å²) in [5.74, 6) is 0.696. The minimum atomic E-state index is 0.255. The molecule has 1 heterocycles. The van der Waals surface area contributed by atoms with E-state index in [0.29, 0.717) is 12.0 Å². The summed E-state index contributed by atoms with van der Waals surface area (Å²) in [5.41, 5.74) is 0.255. The molecule has 0 amide bonds. The van der Waals surface area contributed by atoms with Crippen LogP contribution in [0.2, 0.25) is 0 Å². The smallest absolute Gasteiger partial charge is 0.0589 e. The van der Waals surface area contributed by atoms with Crippen molar-refractivity contribution in [3.8, 4) is 0 Å². The molecule has 0 aromatic heterocycles. The maximum absolute atomic E-state index is 5.83. The van der Waals surface area contributed by atoms with Gasteiger partial charge in [-0.15, -0.1) is 0 Å². The molecular weight excluding hydrogens is 264 g/mol. The zero-order chi connectivity index (χ0) is 15.7. The lowest BCUT2D eigenvalue weighted by atomic mass is 9.81. The van der Waals surface area contributed by atoms with Gasteiger partial charge in [-0.1, -0.05) is 13.8 Å². The lowest BCUT2D eigenvalue weighted by Crippen LogP contribution is -2.51. The van der Waals surface area contributed by atoms with Crippen LogP contribution in [-0.4, -0.2) is 64.1 Å². The van der Waals surface area contributed by atoms with Gasteiger partial charge in [0.15, 0.2) is 0 Å². The molecule has 21 heavy (non-hydrogen) atoms. The van der Waals surface area contributed by atoms with Crippen LogP contribution in [0.25, 0.3) is 0 Å². The molecule has 0 spiro atoms. The van der Waals surface area contributed by atoms with Crippen molar-refractivity contribution in [1.82, 2.24) is 10.2 Å². The van der Waals surface area contributed by atoms with Crippen LogP contribution in [-0.2, 0) is 9.47 Å². The molecule has 0 aromatic rings. The first-order valence-corrected chi connectivity index (χ1v) is 8.50. The number of hydrogen-bond donors (Lipinski definition) is 1. The quantitative estimate of drug-likeness (QED) is 0.672. The predicted octanol–water partition coefficient (Wildman–Crippen LogP) is 2.39. The van der Waals surface area contributed by atoms with Gasteiger partial charge in [0.1, 0.15) is 0 Å². The van der Waals surface area contributed by atoms with Crippen LogP contribution < -0.4 is 5.32 Å². The Labute approximate surface area is 131 Å². The zero-order valence-corrected chi connectivity index (χ0v) is 14.8. The minimum Gasteiger partial charge on any atom is -0.383 e. The zero-order valence-electron chi connectivity index (χ0n) is 14.8. The molecule has 1 aliphatic heterocycles. The van der Waals surface area contributed by atoms with E-state index < -0.39 is 0 Å². The van der Waals surface area contributed by atoms with E-state index in [1.807, 2.05) is 0 Å². The molecule has 4 nitrogen and oxygen atoms in total. The molecular formula is C17H36N2O2. The number of ether oxygens (including phenoxy) is 2. The highest BCUT2D eigenvalue weighted by molar-refractivity contribution is 4.88. The Morgan fingerprint density at radius 1 is 1.29 bits per heavy atom. The summed E-state index contributed by atoms with van der Waals surface area (Å²) in [6.45, 7) is 15.9. The maximum Gasteiger partial charge on any atom is 0.0589 e. The molecule has 1 atom stereocenters. The van der Waals surface area contributed by atoms with Gasteiger partial charge >= 0.3 is 0 Å². The molecule has 0 aromatic carbocycles. The van der Waals surface area contributed by atoms with Gasteiger partial charge in [0.25, 0.3) is 0 Å². The van der Waals surface area contributed by atoms with Gasteiger partial charge < -0.3 is 14.8 Å². The average molecular weight is 300 g/mol. The summed E-state index contributed by atoms with van der Waals surface area (Å²) < 4.78 is 11.1. The first-order chi connectivity index (χ1) is 9.99. The SMILES string of the molecule is COCCN(CC1(CNCC(C)C)CCCOC1)C(C)C. The Bertz CT molecular complexity index is 264. The average Bonchev–Trinajstić information content (AvgIpc) is 2.44. The van der Waals surface area contributed by atoms with Gasteiger partial charge in [0, 0.05) is 44.8 Å². The summed E-state index contributed by atoms with van der Waals surface area (Å²) in [5, 5.41) is 3.66. The number of hydrogen-bond acceptors (Lipinski definition) is 4. The van der Waals surface area contributed by atoms with Gasteiger partial charge in [-0.3, -0.25) is 4.90 Å². The molecule has 0 radical (unpaired) electrons. The summed E-state index contributed by atoms with van der Waals surface area (Å²) in [7, 11) is 1.78. The molecule has 1 fully saturated rings. The maximum atomic E-state index is 5.83. The van der Waals surface area contributed by atoms with Crippen molar-refractivity contribution in [3.63, 3.8) is 0 Å². The Kier molecular flexibility index (Phi) is 8.79. The fourth-order valence-electron chi connectivity index (χ4n) is 3.02. The summed E-state index contributed by atoms with van der Waals surface area (Å²) in [4.78, 5) is 2.54. The lowest BCUT2D eigenvalue weighted by molar-refractivity contribution is -0.0341. The largest absolute Gasteiger partial charge is 0.383 e. The fraction of sp³-hybridized carbons (Fsp3) is 1.00. The molecule has 1 unspecified atom stereocenters. The van der Waals surface area contributed by atoms with E-state index in [-0.39, 0.29) is 5.41 Å². The monoisotopic (exact) mass is 300 g/mol. The second kappa shape index (κ2) is 9.78. The van der Waals surface area contributed by atoms with Crippen LogP contribution in [0.3, 0.4) is 0 Å². The van der Waals surface area contributed by atoms with Crippen LogP contribution >= 0.6 is 0 Å². The van der Waals surface area contributed by atoms with Gasteiger partial charge in [0.05, 0.1) is 13.2 Å². The first-order valence-electron chi connectivity index (χ1n) is 8.50. The molecule has 0 aliphatic carbocycles. The van der Waals surface area contributed by atoms with E-state index in [1.54, 1.807) is 7.11 Å². The molecule has 1 rings (SSSR count).